The normalized spacial score (nSPS) is 12.7. The molecule has 1 aromatic carbocycles. The van der Waals surface area contributed by atoms with Crippen LogP contribution in [0.4, 0.5) is 0 Å². The third-order valence-corrected chi connectivity index (χ3v) is 9.78. The van der Waals surface area contributed by atoms with Crippen LogP contribution in [0.2, 0.25) is 0 Å². The van der Waals surface area contributed by atoms with Gasteiger partial charge in [-0.25, -0.2) is 9.67 Å². The molecule has 0 aliphatic rings. The Morgan fingerprint density at radius 1 is 0.886 bits per heavy atom. The van der Waals surface area contributed by atoms with E-state index < -0.39 is 0 Å². The van der Waals surface area contributed by atoms with Gasteiger partial charge in [-0.1, -0.05) is 95.3 Å². The molecule has 4 nitrogen and oxygen atoms in total. The van der Waals surface area contributed by atoms with E-state index in [9.17, 15) is 0 Å². The number of benzene rings is 1. The molecule has 198 valence electrons. The van der Waals surface area contributed by atoms with Crippen LogP contribution in [0.15, 0.2) is 29.4 Å². The number of hydrogen-bond acceptors (Lipinski definition) is 5. The van der Waals surface area contributed by atoms with Gasteiger partial charge in [-0.15, -0.1) is 5.10 Å². The van der Waals surface area contributed by atoms with Crippen LogP contribution in [0.1, 0.15) is 124 Å². The number of nitrogens with zero attached hydrogens (tertiary/aromatic N) is 3. The van der Waals surface area contributed by atoms with Gasteiger partial charge in [0.1, 0.15) is 5.75 Å². The Labute approximate surface area is 223 Å². The summed E-state index contributed by atoms with van der Waals surface area (Å²) >= 11 is 0. The van der Waals surface area contributed by atoms with Gasteiger partial charge in [0.2, 0.25) is 0 Å². The van der Waals surface area contributed by atoms with E-state index in [0.717, 1.165) is 28.7 Å². The van der Waals surface area contributed by atoms with Gasteiger partial charge in [-0.3, -0.25) is 0 Å². The van der Waals surface area contributed by atoms with Crippen LogP contribution >= 0.6 is 21.6 Å². The molecule has 0 N–H and O–H groups in total. The van der Waals surface area contributed by atoms with E-state index in [1.807, 2.05) is 22.9 Å². The standard InChI is InChI=1S/C29H49N3OS2/c1-7-9-11-12-13-14-15-16-18-24(3)32-28(34-35-29(4,5)23-17-10-8-2)30-27(31-32)25-19-21-26(33-6)22-20-25/h19-22,24H,7-18,23H2,1-6H3. The average molecular weight is 520 g/mol. The lowest BCUT2D eigenvalue weighted by Gasteiger charge is -2.23. The highest BCUT2D eigenvalue weighted by Crippen LogP contribution is 2.44. The Morgan fingerprint density at radius 2 is 1.49 bits per heavy atom. The number of rotatable bonds is 19. The number of ether oxygens (including phenoxy) is 1. The molecule has 35 heavy (non-hydrogen) atoms. The third kappa shape index (κ3) is 11.2. The minimum absolute atomic E-state index is 0.220. The van der Waals surface area contributed by atoms with Crippen LogP contribution in [-0.2, 0) is 0 Å². The smallest absolute Gasteiger partial charge is 0.197 e. The molecule has 0 fully saturated rings. The van der Waals surface area contributed by atoms with Crippen molar-refractivity contribution in [2.24, 2.45) is 0 Å². The number of methoxy groups -OCH3 is 1. The molecule has 1 aromatic heterocycles. The molecule has 0 saturated carbocycles. The molecule has 0 amide bonds. The number of aromatic nitrogens is 3. The van der Waals surface area contributed by atoms with Crippen molar-refractivity contribution < 1.29 is 4.74 Å². The molecule has 0 aliphatic carbocycles. The summed E-state index contributed by atoms with van der Waals surface area (Å²) in [7, 11) is 5.44. The summed E-state index contributed by atoms with van der Waals surface area (Å²) in [5, 5.41) is 6.02. The molecule has 0 spiro atoms. The first kappa shape index (κ1) is 30.1. The summed E-state index contributed by atoms with van der Waals surface area (Å²) in [6.45, 7) is 11.6. The number of hydrogen-bond donors (Lipinski definition) is 0. The van der Waals surface area contributed by atoms with Crippen LogP contribution in [-0.4, -0.2) is 26.6 Å². The van der Waals surface area contributed by atoms with Crippen LogP contribution < -0.4 is 4.74 Å². The zero-order chi connectivity index (χ0) is 25.5. The fourth-order valence-corrected chi connectivity index (χ4v) is 6.64. The average Bonchev–Trinajstić information content (AvgIpc) is 3.29. The van der Waals surface area contributed by atoms with Crippen molar-refractivity contribution >= 4 is 21.6 Å². The molecule has 0 saturated heterocycles. The van der Waals surface area contributed by atoms with Crippen molar-refractivity contribution in [3.05, 3.63) is 24.3 Å². The first-order chi connectivity index (χ1) is 16.9. The van der Waals surface area contributed by atoms with Crippen LogP contribution in [0, 0.1) is 0 Å². The van der Waals surface area contributed by atoms with Crippen molar-refractivity contribution in [1.29, 1.82) is 0 Å². The highest BCUT2D eigenvalue weighted by molar-refractivity contribution is 8.77. The van der Waals surface area contributed by atoms with Crippen molar-refractivity contribution in [1.82, 2.24) is 14.8 Å². The minimum atomic E-state index is 0.220. The van der Waals surface area contributed by atoms with Gasteiger partial charge in [0.15, 0.2) is 11.0 Å². The molecule has 2 rings (SSSR count). The predicted molar refractivity (Wildman–Crippen MR) is 156 cm³/mol. The molecule has 2 aromatic rings. The SMILES string of the molecule is CCCCCCCCCCC(C)n1nc(-c2ccc(OC)cc2)nc1SSC(C)(C)CCCCC. The summed E-state index contributed by atoms with van der Waals surface area (Å²) in [5.41, 5.74) is 1.04. The second-order valence-electron chi connectivity index (χ2n) is 10.4. The summed E-state index contributed by atoms with van der Waals surface area (Å²) < 4.78 is 7.73. The maximum absolute atomic E-state index is 5.33. The molecule has 0 radical (unpaired) electrons. The lowest BCUT2D eigenvalue weighted by atomic mass is 10.0. The largest absolute Gasteiger partial charge is 0.497 e. The quantitative estimate of drug-likeness (QED) is 0.136. The highest BCUT2D eigenvalue weighted by Gasteiger charge is 2.23. The van der Waals surface area contributed by atoms with Gasteiger partial charge in [0.05, 0.1) is 13.2 Å². The second-order valence-corrected chi connectivity index (χ2v) is 13.2. The lowest BCUT2D eigenvalue weighted by Crippen LogP contribution is -2.13. The maximum Gasteiger partial charge on any atom is 0.197 e. The van der Waals surface area contributed by atoms with Gasteiger partial charge in [-0.2, -0.15) is 0 Å². The molecule has 0 bridgehead atoms. The van der Waals surface area contributed by atoms with Crippen molar-refractivity contribution in [2.45, 2.75) is 134 Å². The lowest BCUT2D eigenvalue weighted by molar-refractivity contribution is 0.405. The summed E-state index contributed by atoms with van der Waals surface area (Å²) in [6.07, 6.45) is 17.0. The van der Waals surface area contributed by atoms with Crippen molar-refractivity contribution in [2.75, 3.05) is 7.11 Å². The van der Waals surface area contributed by atoms with Crippen LogP contribution in [0.25, 0.3) is 11.4 Å². The molecule has 1 heterocycles. The monoisotopic (exact) mass is 519 g/mol. The van der Waals surface area contributed by atoms with Gasteiger partial charge in [0.25, 0.3) is 0 Å². The Balaban J connectivity index is 2.03. The van der Waals surface area contributed by atoms with Gasteiger partial charge < -0.3 is 4.74 Å². The fourth-order valence-electron chi connectivity index (χ4n) is 4.20. The molecule has 1 unspecified atom stereocenters. The van der Waals surface area contributed by atoms with Crippen LogP contribution in [0.5, 0.6) is 5.75 Å². The fraction of sp³-hybridized carbons (Fsp3) is 0.724. The third-order valence-electron chi connectivity index (χ3n) is 6.57. The maximum atomic E-state index is 5.33. The summed E-state index contributed by atoms with van der Waals surface area (Å²) in [6, 6.07) is 8.42. The molecular formula is C29H49N3OS2. The Kier molecular flexibility index (Phi) is 14.2. The summed E-state index contributed by atoms with van der Waals surface area (Å²) in [4.78, 5) is 5.00. The zero-order valence-electron chi connectivity index (χ0n) is 23.1. The Morgan fingerprint density at radius 3 is 2.11 bits per heavy atom. The number of unbranched alkanes of at least 4 members (excludes halogenated alkanes) is 9. The van der Waals surface area contributed by atoms with Gasteiger partial charge >= 0.3 is 0 Å². The first-order valence-corrected chi connectivity index (χ1v) is 16.0. The van der Waals surface area contributed by atoms with Gasteiger partial charge in [-0.05, 0) is 68.7 Å². The zero-order valence-corrected chi connectivity index (χ0v) is 24.8. The van der Waals surface area contributed by atoms with Crippen molar-refractivity contribution in [3.8, 4) is 17.1 Å². The first-order valence-electron chi connectivity index (χ1n) is 13.9. The topological polar surface area (TPSA) is 39.9 Å². The Hall–Kier alpha value is -1.14. The van der Waals surface area contributed by atoms with E-state index in [-0.39, 0.29) is 4.75 Å². The van der Waals surface area contributed by atoms with E-state index in [2.05, 4.69) is 51.4 Å². The van der Waals surface area contributed by atoms with E-state index >= 15 is 0 Å². The van der Waals surface area contributed by atoms with E-state index in [1.54, 1.807) is 17.9 Å². The van der Waals surface area contributed by atoms with E-state index in [1.165, 1.54) is 77.0 Å². The molecule has 6 heteroatoms. The second kappa shape index (κ2) is 16.6. The van der Waals surface area contributed by atoms with Crippen molar-refractivity contribution in [3.63, 3.8) is 0 Å². The molecule has 0 aliphatic heterocycles. The molecular weight excluding hydrogens is 470 g/mol. The Bertz CT molecular complexity index is 820. The summed E-state index contributed by atoms with van der Waals surface area (Å²) in [5.74, 6) is 1.66. The molecule has 1 atom stereocenters. The highest BCUT2D eigenvalue weighted by atomic mass is 33.1. The van der Waals surface area contributed by atoms with Gasteiger partial charge in [0, 0.05) is 10.3 Å². The minimum Gasteiger partial charge on any atom is -0.497 e. The van der Waals surface area contributed by atoms with E-state index in [4.69, 9.17) is 14.8 Å². The van der Waals surface area contributed by atoms with Crippen LogP contribution in [0.3, 0.4) is 0 Å². The predicted octanol–water partition coefficient (Wildman–Crippen LogP) is 10.1. The van der Waals surface area contributed by atoms with E-state index in [0.29, 0.717) is 6.04 Å².